The van der Waals surface area contributed by atoms with Crippen LogP contribution in [-0.2, 0) is 9.59 Å². The number of carbonyl (C=O) groups is 3. The van der Waals surface area contributed by atoms with Gasteiger partial charge in [0.1, 0.15) is 11.8 Å². The second-order valence-electron chi connectivity index (χ2n) is 16.2. The number of amides is 2. The molecule has 7 nitrogen and oxygen atoms in total. The zero-order valence-electron chi connectivity index (χ0n) is 27.7. The highest BCUT2D eigenvalue weighted by atomic mass is 16.3. The predicted octanol–water partition coefficient (Wildman–Crippen LogP) is 5.54. The number of rotatable bonds is 3. The largest absolute Gasteiger partial charge is 0.391 e. The molecule has 2 aromatic carbocycles. The van der Waals surface area contributed by atoms with Crippen LogP contribution in [0.2, 0.25) is 0 Å². The van der Waals surface area contributed by atoms with Crippen LogP contribution in [0.3, 0.4) is 0 Å². The summed E-state index contributed by atoms with van der Waals surface area (Å²) in [5.41, 5.74) is 0.765. The molecule has 1 N–H and O–H groups in total. The number of hydrogen-bond acceptors (Lipinski definition) is 5. The average molecular weight is 626 g/mol. The summed E-state index contributed by atoms with van der Waals surface area (Å²) in [6.07, 6.45) is 9.54. The third-order valence-corrected chi connectivity index (χ3v) is 14.3. The lowest BCUT2D eigenvalue weighted by Gasteiger charge is -2.62. The molecule has 246 valence electrons. The van der Waals surface area contributed by atoms with E-state index in [2.05, 4.69) is 18.7 Å². The Bertz CT molecular complexity index is 1530. The van der Waals surface area contributed by atoms with Gasteiger partial charge < -0.3 is 14.9 Å². The Morgan fingerprint density at radius 3 is 2.48 bits per heavy atom. The maximum Gasteiger partial charge on any atom is 0.255 e. The van der Waals surface area contributed by atoms with Crippen LogP contribution < -0.4 is 0 Å². The smallest absolute Gasteiger partial charge is 0.255 e. The summed E-state index contributed by atoms with van der Waals surface area (Å²) >= 11 is 0. The summed E-state index contributed by atoms with van der Waals surface area (Å²) < 4.78 is 0. The van der Waals surface area contributed by atoms with Crippen LogP contribution in [0.1, 0.15) is 88.4 Å². The van der Waals surface area contributed by atoms with Crippen molar-refractivity contribution >= 4 is 28.4 Å². The quantitative estimate of drug-likeness (QED) is 0.485. The molecule has 0 bridgehead atoms. The Balaban J connectivity index is 0.934. The molecule has 2 aromatic rings. The monoisotopic (exact) mass is 625 g/mol. The van der Waals surface area contributed by atoms with Crippen molar-refractivity contribution in [1.29, 1.82) is 0 Å². The lowest BCUT2D eigenvalue weighted by atomic mass is 9.44. The number of piperazine rings is 1. The molecule has 2 aliphatic heterocycles. The van der Waals surface area contributed by atoms with Gasteiger partial charge in [0, 0.05) is 56.2 Å². The minimum absolute atomic E-state index is 0.0461. The minimum atomic E-state index is -0.406. The second kappa shape index (κ2) is 11.4. The lowest BCUT2D eigenvalue weighted by molar-refractivity contribution is -0.155. The predicted molar refractivity (Wildman–Crippen MR) is 178 cm³/mol. The molecule has 0 unspecified atom stereocenters. The standard InChI is InChI=1S/C39H51N3O4/c1-38-17-16-31-29(30(38)14-15-35(38)44)13-12-26-23-34(43)33(24-39(26,31)2)40-19-21-41(22-20-40)37(46)32-11-6-18-42(32)36(45)28-10-5-8-25-7-3-4-9-27(25)28/h3-5,7-10,26,29-34,43H,6,11-24H2,1-2H3/t26-,29-,30-,31-,32-,33-,34-,38-,39-/m0/s1. The Labute approximate surface area is 273 Å². The van der Waals surface area contributed by atoms with Gasteiger partial charge in [-0.2, -0.15) is 0 Å². The second-order valence-corrected chi connectivity index (χ2v) is 16.2. The van der Waals surface area contributed by atoms with Gasteiger partial charge >= 0.3 is 0 Å². The number of likely N-dealkylation sites (tertiary alicyclic amines) is 1. The Morgan fingerprint density at radius 2 is 1.65 bits per heavy atom. The SMILES string of the molecule is C[C@]12C[C@H](N3CCN(C(=O)[C@@H]4CCCN4C(=O)c4cccc5ccccc45)CC3)[C@@H](O)C[C@@H]1CC[C@@H]1[C@@H]2CC[C@]2(C)C(=O)CC[C@@H]12. The summed E-state index contributed by atoms with van der Waals surface area (Å²) in [6.45, 7) is 8.21. The van der Waals surface area contributed by atoms with Gasteiger partial charge in [0.05, 0.1) is 6.10 Å². The molecule has 6 aliphatic rings. The lowest BCUT2D eigenvalue weighted by Crippen LogP contribution is -2.62. The fourth-order valence-electron chi connectivity index (χ4n) is 11.7. The molecule has 0 aromatic heterocycles. The molecule has 4 saturated carbocycles. The van der Waals surface area contributed by atoms with Crippen molar-refractivity contribution in [2.75, 3.05) is 32.7 Å². The molecule has 46 heavy (non-hydrogen) atoms. The maximum absolute atomic E-state index is 13.9. The molecule has 0 radical (unpaired) electrons. The highest BCUT2D eigenvalue weighted by molar-refractivity contribution is 6.08. The van der Waals surface area contributed by atoms with Crippen molar-refractivity contribution in [2.45, 2.75) is 96.2 Å². The van der Waals surface area contributed by atoms with Gasteiger partial charge in [-0.15, -0.1) is 0 Å². The fourth-order valence-corrected chi connectivity index (χ4v) is 11.7. The van der Waals surface area contributed by atoms with Crippen LogP contribution in [0.15, 0.2) is 42.5 Å². The van der Waals surface area contributed by atoms with Crippen LogP contribution in [0.5, 0.6) is 0 Å². The molecule has 4 aliphatic carbocycles. The van der Waals surface area contributed by atoms with Crippen LogP contribution in [0.25, 0.3) is 10.8 Å². The number of benzene rings is 2. The zero-order chi connectivity index (χ0) is 31.8. The van der Waals surface area contributed by atoms with E-state index in [1.165, 1.54) is 12.8 Å². The van der Waals surface area contributed by atoms with Crippen molar-refractivity contribution in [3.63, 3.8) is 0 Å². The molecule has 2 amide bonds. The minimum Gasteiger partial charge on any atom is -0.391 e. The van der Waals surface area contributed by atoms with Crippen molar-refractivity contribution in [1.82, 2.24) is 14.7 Å². The van der Waals surface area contributed by atoms with Crippen LogP contribution in [-0.4, -0.2) is 88.3 Å². The van der Waals surface area contributed by atoms with Crippen molar-refractivity contribution in [2.24, 2.45) is 34.5 Å². The van der Waals surface area contributed by atoms with Crippen molar-refractivity contribution in [3.05, 3.63) is 48.0 Å². The van der Waals surface area contributed by atoms with E-state index in [1.54, 1.807) is 0 Å². The molecule has 7 heteroatoms. The number of aliphatic hydroxyl groups excluding tert-OH is 1. The van der Waals surface area contributed by atoms with Gasteiger partial charge in [-0.25, -0.2) is 0 Å². The summed E-state index contributed by atoms with van der Waals surface area (Å²) in [4.78, 5) is 46.9. The molecular weight excluding hydrogens is 574 g/mol. The maximum atomic E-state index is 13.9. The normalized spacial score (nSPS) is 39.6. The molecule has 6 fully saturated rings. The van der Waals surface area contributed by atoms with Gasteiger partial charge in [-0.3, -0.25) is 19.3 Å². The van der Waals surface area contributed by atoms with Gasteiger partial charge in [0.25, 0.3) is 5.91 Å². The number of ketones is 1. The summed E-state index contributed by atoms with van der Waals surface area (Å²) in [6, 6.07) is 13.5. The molecular formula is C39H51N3O4. The Hall–Kier alpha value is -2.77. The number of nitrogens with zero attached hydrogens (tertiary/aromatic N) is 3. The number of aliphatic hydroxyl groups is 1. The first-order chi connectivity index (χ1) is 22.2. The number of fused-ring (bicyclic) bond motifs is 6. The van der Waals surface area contributed by atoms with Gasteiger partial charge in [0.15, 0.2) is 0 Å². The van der Waals surface area contributed by atoms with Crippen LogP contribution in [0.4, 0.5) is 0 Å². The van der Waals surface area contributed by atoms with E-state index in [0.29, 0.717) is 61.1 Å². The molecule has 9 atom stereocenters. The average Bonchev–Trinajstić information content (AvgIpc) is 3.68. The molecule has 2 saturated heterocycles. The first-order valence-electron chi connectivity index (χ1n) is 18.2. The summed E-state index contributed by atoms with van der Waals surface area (Å²) in [5.74, 6) is 2.91. The Morgan fingerprint density at radius 1 is 0.870 bits per heavy atom. The zero-order valence-corrected chi connectivity index (χ0v) is 27.7. The van der Waals surface area contributed by atoms with E-state index in [1.807, 2.05) is 52.3 Å². The summed E-state index contributed by atoms with van der Waals surface area (Å²) in [7, 11) is 0. The van der Waals surface area contributed by atoms with E-state index in [-0.39, 0.29) is 34.8 Å². The first-order valence-corrected chi connectivity index (χ1v) is 18.2. The fraction of sp³-hybridized carbons (Fsp3) is 0.667. The van der Waals surface area contributed by atoms with Crippen LogP contribution in [0, 0.1) is 34.5 Å². The third kappa shape index (κ3) is 4.69. The van der Waals surface area contributed by atoms with E-state index >= 15 is 0 Å². The third-order valence-electron chi connectivity index (χ3n) is 14.3. The van der Waals surface area contributed by atoms with E-state index in [9.17, 15) is 19.5 Å². The molecule has 8 rings (SSSR count). The van der Waals surface area contributed by atoms with Gasteiger partial charge in [-0.1, -0.05) is 50.2 Å². The number of Topliss-reactive ketones (excluding diaryl/α,β-unsaturated/α-hetero) is 1. The highest BCUT2D eigenvalue weighted by Crippen LogP contribution is 2.65. The van der Waals surface area contributed by atoms with Crippen molar-refractivity contribution in [3.8, 4) is 0 Å². The summed E-state index contributed by atoms with van der Waals surface area (Å²) in [5, 5.41) is 13.5. The topological polar surface area (TPSA) is 81.2 Å². The van der Waals surface area contributed by atoms with E-state index in [4.69, 9.17) is 0 Å². The number of hydrogen-bond donors (Lipinski definition) is 1. The number of carbonyl (C=O) groups excluding carboxylic acids is 3. The highest BCUT2D eigenvalue weighted by Gasteiger charge is 2.61. The van der Waals surface area contributed by atoms with E-state index < -0.39 is 6.04 Å². The van der Waals surface area contributed by atoms with E-state index in [0.717, 1.165) is 68.8 Å². The Kier molecular flexibility index (Phi) is 7.60. The first kappa shape index (κ1) is 30.6. The van der Waals surface area contributed by atoms with Gasteiger partial charge in [0.2, 0.25) is 5.91 Å². The van der Waals surface area contributed by atoms with Gasteiger partial charge in [-0.05, 0) is 104 Å². The molecule has 0 spiro atoms. The molecule has 2 heterocycles. The van der Waals surface area contributed by atoms with Crippen LogP contribution >= 0.6 is 0 Å². The van der Waals surface area contributed by atoms with Crippen molar-refractivity contribution < 1.29 is 19.5 Å².